The predicted octanol–water partition coefficient (Wildman–Crippen LogP) is 4.62. The Balaban J connectivity index is 4.88. The first kappa shape index (κ1) is 22.3. The molecular weight excluding hydrogens is 300 g/mol. The minimum Gasteiger partial charge on any atom is -0.481 e. The molecule has 0 atom stereocenters. The first-order chi connectivity index (χ1) is 10.4. The van der Waals surface area contributed by atoms with E-state index in [4.69, 9.17) is 24.7 Å². The first-order valence-electron chi connectivity index (χ1n) is 8.35. The Hall–Kier alpha value is -0.690. The maximum absolute atomic E-state index is 10.7. The fourth-order valence-electron chi connectivity index (χ4n) is 1.76. The lowest BCUT2D eigenvalue weighted by atomic mass is 10.0. The van der Waals surface area contributed by atoms with Gasteiger partial charge in [-0.15, -0.1) is 0 Å². The number of carboxylic acids is 1. The van der Waals surface area contributed by atoms with Crippen LogP contribution in [0.4, 0.5) is 0 Å². The van der Waals surface area contributed by atoms with Crippen LogP contribution in [0.1, 0.15) is 87.0 Å². The molecule has 1 N–H and O–H groups in total. The van der Waals surface area contributed by atoms with E-state index in [1.165, 1.54) is 0 Å². The predicted molar refractivity (Wildman–Crippen MR) is 87.6 cm³/mol. The summed E-state index contributed by atoms with van der Waals surface area (Å²) in [4.78, 5) is 32.9. The van der Waals surface area contributed by atoms with Crippen molar-refractivity contribution < 1.29 is 29.5 Å². The molecule has 0 bridgehead atoms. The molecule has 138 valence electrons. The Morgan fingerprint density at radius 1 is 0.826 bits per heavy atom. The van der Waals surface area contributed by atoms with Crippen molar-refractivity contribution in [2.45, 2.75) is 104 Å². The second-order valence-corrected chi connectivity index (χ2v) is 7.82. The number of aliphatic carboxylic acids is 1. The van der Waals surface area contributed by atoms with Crippen molar-refractivity contribution in [3.05, 3.63) is 0 Å². The van der Waals surface area contributed by atoms with E-state index in [0.717, 1.165) is 6.42 Å². The van der Waals surface area contributed by atoms with E-state index >= 15 is 0 Å². The molecule has 0 saturated heterocycles. The maximum Gasteiger partial charge on any atom is 0.303 e. The van der Waals surface area contributed by atoms with Gasteiger partial charge in [0, 0.05) is 19.3 Å². The van der Waals surface area contributed by atoms with E-state index in [-0.39, 0.29) is 6.42 Å². The van der Waals surface area contributed by atoms with E-state index in [9.17, 15) is 4.79 Å². The van der Waals surface area contributed by atoms with Gasteiger partial charge in [0.05, 0.1) is 11.2 Å². The zero-order valence-corrected chi connectivity index (χ0v) is 15.7. The topological polar surface area (TPSA) is 74.2 Å². The zero-order chi connectivity index (χ0) is 18.1. The highest BCUT2D eigenvalue weighted by Gasteiger charge is 2.37. The molecule has 0 radical (unpaired) electrons. The van der Waals surface area contributed by atoms with Crippen LogP contribution in [0.25, 0.3) is 0 Å². The van der Waals surface area contributed by atoms with Crippen molar-refractivity contribution in [3.8, 4) is 0 Å². The molecule has 0 unspecified atom stereocenters. The van der Waals surface area contributed by atoms with Crippen molar-refractivity contribution in [3.63, 3.8) is 0 Å². The van der Waals surface area contributed by atoms with E-state index in [0.29, 0.717) is 25.7 Å². The van der Waals surface area contributed by atoms with E-state index in [1.54, 1.807) is 0 Å². The molecule has 0 aromatic heterocycles. The molecule has 0 saturated carbocycles. The Labute approximate surface area is 140 Å². The average molecular weight is 334 g/mol. The molecule has 6 heteroatoms. The monoisotopic (exact) mass is 334 g/mol. The van der Waals surface area contributed by atoms with Crippen LogP contribution in [0.2, 0.25) is 0 Å². The summed E-state index contributed by atoms with van der Waals surface area (Å²) >= 11 is 0. The number of carboxylic acid groups (broad SMARTS) is 1. The van der Waals surface area contributed by atoms with Gasteiger partial charge >= 0.3 is 5.97 Å². The van der Waals surface area contributed by atoms with Crippen LogP contribution >= 0.6 is 0 Å². The molecule has 6 nitrogen and oxygen atoms in total. The van der Waals surface area contributed by atoms with Gasteiger partial charge in [-0.2, -0.15) is 9.78 Å². The Morgan fingerprint density at radius 3 is 1.65 bits per heavy atom. The highest BCUT2D eigenvalue weighted by molar-refractivity contribution is 5.66. The van der Waals surface area contributed by atoms with Crippen LogP contribution in [0, 0.1) is 0 Å². The van der Waals surface area contributed by atoms with Gasteiger partial charge in [-0.1, -0.05) is 13.3 Å². The van der Waals surface area contributed by atoms with Gasteiger partial charge in [0.15, 0.2) is 0 Å². The lowest BCUT2D eigenvalue weighted by Gasteiger charge is -2.35. The van der Waals surface area contributed by atoms with Crippen molar-refractivity contribution in [2.24, 2.45) is 0 Å². The number of hydrogen-bond donors (Lipinski definition) is 1. The van der Waals surface area contributed by atoms with Gasteiger partial charge in [-0.3, -0.25) is 4.79 Å². The lowest BCUT2D eigenvalue weighted by molar-refractivity contribution is -0.543. The third kappa shape index (κ3) is 12.4. The summed E-state index contributed by atoms with van der Waals surface area (Å²) in [5.41, 5.74) is -0.962. The first-order valence-corrected chi connectivity index (χ1v) is 8.35. The van der Waals surface area contributed by atoms with Crippen molar-refractivity contribution in [1.82, 2.24) is 0 Å². The second kappa shape index (κ2) is 9.57. The quantitative estimate of drug-likeness (QED) is 0.257. The molecular formula is C17H34O6. The van der Waals surface area contributed by atoms with Gasteiger partial charge in [0.1, 0.15) is 0 Å². The molecule has 0 aromatic carbocycles. The summed E-state index contributed by atoms with van der Waals surface area (Å²) < 4.78 is 0. The number of hydrogen-bond acceptors (Lipinski definition) is 5. The highest BCUT2D eigenvalue weighted by atomic mass is 17.3. The third-order valence-electron chi connectivity index (χ3n) is 2.72. The number of carbonyl (C=O) groups is 1. The van der Waals surface area contributed by atoms with Crippen molar-refractivity contribution in [2.75, 3.05) is 0 Å². The van der Waals surface area contributed by atoms with Crippen molar-refractivity contribution >= 4 is 5.97 Å². The minimum absolute atomic E-state index is 0.127. The lowest BCUT2D eigenvalue weighted by Crippen LogP contribution is -2.41. The molecule has 0 aliphatic carbocycles. The SMILES string of the molecule is CCCC(CCCCC(=O)O)(OOC(C)(C)C)OOC(C)(C)C. The zero-order valence-electron chi connectivity index (χ0n) is 15.7. The van der Waals surface area contributed by atoms with Gasteiger partial charge in [0.2, 0.25) is 5.79 Å². The van der Waals surface area contributed by atoms with Gasteiger partial charge in [-0.05, 0) is 54.4 Å². The van der Waals surface area contributed by atoms with Crippen LogP contribution in [0.3, 0.4) is 0 Å². The molecule has 0 aliphatic heterocycles. The van der Waals surface area contributed by atoms with Crippen LogP contribution in [0.15, 0.2) is 0 Å². The smallest absolute Gasteiger partial charge is 0.303 e. The van der Waals surface area contributed by atoms with Crippen LogP contribution in [-0.4, -0.2) is 28.1 Å². The summed E-state index contributed by atoms with van der Waals surface area (Å²) in [7, 11) is 0. The summed E-state index contributed by atoms with van der Waals surface area (Å²) in [6, 6.07) is 0. The fourth-order valence-corrected chi connectivity index (χ4v) is 1.76. The Morgan fingerprint density at radius 2 is 1.30 bits per heavy atom. The van der Waals surface area contributed by atoms with E-state index in [1.807, 2.05) is 48.5 Å². The third-order valence-corrected chi connectivity index (χ3v) is 2.72. The largest absolute Gasteiger partial charge is 0.481 e. The Bertz CT molecular complexity index is 322. The fraction of sp³-hybridized carbons (Fsp3) is 0.941. The Kier molecular flexibility index (Phi) is 9.28. The minimum atomic E-state index is -1.03. The molecule has 0 fully saturated rings. The van der Waals surface area contributed by atoms with Crippen molar-refractivity contribution in [1.29, 1.82) is 0 Å². The second-order valence-electron chi connectivity index (χ2n) is 7.82. The number of unbranched alkanes of at least 4 members (excludes halogenated alkanes) is 1. The highest BCUT2D eigenvalue weighted by Crippen LogP contribution is 2.31. The van der Waals surface area contributed by atoms with E-state index in [2.05, 4.69) is 0 Å². The van der Waals surface area contributed by atoms with Crippen LogP contribution in [-0.2, 0) is 24.3 Å². The normalized spacial score (nSPS) is 13.3. The standard InChI is InChI=1S/C17H34O6/c1-8-12-17(22-20-15(2,3)4,23-21-16(5,6)7)13-10-9-11-14(18)19/h8-13H2,1-7H3,(H,18,19). The summed E-state index contributed by atoms with van der Waals surface area (Å²) in [6.45, 7) is 13.3. The average Bonchev–Trinajstić information content (AvgIpc) is 2.37. The van der Waals surface area contributed by atoms with Gasteiger partial charge < -0.3 is 5.11 Å². The molecule has 0 aliphatic rings. The molecule has 23 heavy (non-hydrogen) atoms. The van der Waals surface area contributed by atoms with Crippen LogP contribution < -0.4 is 0 Å². The summed E-state index contributed by atoms with van der Waals surface area (Å²) in [5.74, 6) is -1.84. The summed E-state index contributed by atoms with van der Waals surface area (Å²) in [6.07, 6.45) is 3.24. The number of rotatable bonds is 11. The van der Waals surface area contributed by atoms with Gasteiger partial charge in [-0.25, -0.2) is 9.78 Å². The van der Waals surface area contributed by atoms with E-state index < -0.39 is 23.0 Å². The molecule has 0 amide bonds. The van der Waals surface area contributed by atoms with Gasteiger partial charge in [0.25, 0.3) is 0 Å². The molecule has 0 heterocycles. The molecule has 0 rings (SSSR count). The van der Waals surface area contributed by atoms with Crippen LogP contribution in [0.5, 0.6) is 0 Å². The molecule has 0 spiro atoms. The molecule has 0 aromatic rings. The summed E-state index contributed by atoms with van der Waals surface area (Å²) in [5, 5.41) is 8.75. The maximum atomic E-state index is 10.7.